The van der Waals surface area contributed by atoms with Gasteiger partial charge in [-0.15, -0.1) is 0 Å². The lowest BCUT2D eigenvalue weighted by molar-refractivity contribution is -0.135. The zero-order valence-corrected chi connectivity index (χ0v) is 8.73. The second kappa shape index (κ2) is 4.73. The number of aromatic nitrogens is 2. The molecule has 0 saturated heterocycles. The zero-order chi connectivity index (χ0) is 12.3. The minimum atomic E-state index is -4.29. The summed E-state index contributed by atoms with van der Waals surface area (Å²) >= 11 is 5.38. The number of hydrogen-bond acceptors (Lipinski definition) is 2. The number of rotatable bonds is 3. The monoisotopic (exact) mass is 256 g/mol. The predicted molar refractivity (Wildman–Crippen MR) is 51.6 cm³/mol. The first kappa shape index (κ1) is 12.8. The Morgan fingerprint density at radius 1 is 1.38 bits per heavy atom. The highest BCUT2D eigenvalue weighted by atomic mass is 35.5. The molecule has 1 N–H and O–H groups in total. The Bertz CT molecular complexity index is 446. The van der Waals surface area contributed by atoms with E-state index in [1.165, 1.54) is 0 Å². The van der Waals surface area contributed by atoms with E-state index in [-0.39, 0.29) is 18.1 Å². The molecular weight excluding hydrogens is 249 g/mol. The summed E-state index contributed by atoms with van der Waals surface area (Å²) < 4.78 is 36.2. The third-order valence-electron chi connectivity index (χ3n) is 1.83. The van der Waals surface area contributed by atoms with Gasteiger partial charge in [-0.3, -0.25) is 14.3 Å². The first-order chi connectivity index (χ1) is 7.29. The SMILES string of the molecule is O=c1cc(Cl)[nH]c(=O)n1CCCC(F)(F)F. The molecule has 0 spiro atoms. The highest BCUT2D eigenvalue weighted by molar-refractivity contribution is 6.29. The first-order valence-corrected chi connectivity index (χ1v) is 4.74. The lowest BCUT2D eigenvalue weighted by Gasteiger charge is -2.06. The molecule has 0 amide bonds. The van der Waals surface area contributed by atoms with Crippen molar-refractivity contribution in [2.75, 3.05) is 0 Å². The summed E-state index contributed by atoms with van der Waals surface area (Å²) in [4.78, 5) is 24.5. The van der Waals surface area contributed by atoms with Gasteiger partial charge in [0, 0.05) is 19.0 Å². The molecule has 1 aromatic rings. The van der Waals surface area contributed by atoms with E-state index in [4.69, 9.17) is 11.6 Å². The van der Waals surface area contributed by atoms with Crippen molar-refractivity contribution >= 4 is 11.6 Å². The van der Waals surface area contributed by atoms with Crippen molar-refractivity contribution in [3.63, 3.8) is 0 Å². The summed E-state index contributed by atoms with van der Waals surface area (Å²) in [5.41, 5.74) is -1.52. The van der Waals surface area contributed by atoms with Gasteiger partial charge in [0.1, 0.15) is 5.15 Å². The Morgan fingerprint density at radius 3 is 2.50 bits per heavy atom. The van der Waals surface area contributed by atoms with Gasteiger partial charge < -0.3 is 0 Å². The van der Waals surface area contributed by atoms with Crippen LogP contribution in [-0.4, -0.2) is 15.7 Å². The van der Waals surface area contributed by atoms with Gasteiger partial charge in [0.25, 0.3) is 5.56 Å². The number of halogens is 4. The molecule has 1 aromatic heterocycles. The Morgan fingerprint density at radius 2 is 2.00 bits per heavy atom. The standard InChI is InChI=1S/C8H8ClF3N2O2/c9-5-4-6(15)14(7(16)13-5)3-1-2-8(10,11)12/h4H,1-3H2,(H,13,16). The zero-order valence-electron chi connectivity index (χ0n) is 7.97. The molecule has 0 aromatic carbocycles. The highest BCUT2D eigenvalue weighted by Gasteiger charge is 2.26. The van der Waals surface area contributed by atoms with Crippen LogP contribution < -0.4 is 11.2 Å². The molecule has 1 heterocycles. The van der Waals surface area contributed by atoms with Crippen molar-refractivity contribution in [2.45, 2.75) is 25.6 Å². The maximum Gasteiger partial charge on any atom is 0.389 e. The minimum Gasteiger partial charge on any atom is -0.298 e. The second-order valence-corrected chi connectivity index (χ2v) is 3.54. The van der Waals surface area contributed by atoms with Crippen LogP contribution >= 0.6 is 11.6 Å². The van der Waals surface area contributed by atoms with Crippen LogP contribution in [0.4, 0.5) is 13.2 Å². The van der Waals surface area contributed by atoms with E-state index in [0.717, 1.165) is 6.07 Å². The lowest BCUT2D eigenvalue weighted by atomic mass is 10.3. The Kier molecular flexibility index (Phi) is 3.79. The Hall–Kier alpha value is -1.24. The van der Waals surface area contributed by atoms with Gasteiger partial charge in [0.2, 0.25) is 0 Å². The second-order valence-electron chi connectivity index (χ2n) is 3.13. The van der Waals surface area contributed by atoms with Crippen molar-refractivity contribution < 1.29 is 13.2 Å². The Labute approximate surface area is 92.7 Å². The van der Waals surface area contributed by atoms with E-state index in [1.807, 2.05) is 0 Å². The highest BCUT2D eigenvalue weighted by Crippen LogP contribution is 2.21. The predicted octanol–water partition coefficient (Wildman–Crippen LogP) is 1.53. The van der Waals surface area contributed by atoms with Crippen LogP contribution in [0.2, 0.25) is 5.15 Å². The van der Waals surface area contributed by atoms with Crippen LogP contribution in [-0.2, 0) is 6.54 Å². The average molecular weight is 257 g/mol. The van der Waals surface area contributed by atoms with Gasteiger partial charge in [-0.25, -0.2) is 4.79 Å². The summed E-state index contributed by atoms with van der Waals surface area (Å²) in [5.74, 6) is 0. The molecule has 90 valence electrons. The molecule has 0 aliphatic heterocycles. The molecular formula is C8H8ClF3N2O2. The number of aromatic amines is 1. The molecule has 0 bridgehead atoms. The van der Waals surface area contributed by atoms with E-state index < -0.39 is 23.8 Å². The van der Waals surface area contributed by atoms with Gasteiger partial charge in [-0.1, -0.05) is 11.6 Å². The smallest absolute Gasteiger partial charge is 0.298 e. The van der Waals surface area contributed by atoms with Crippen LogP contribution in [0, 0.1) is 0 Å². The number of nitrogens with one attached hydrogen (secondary N) is 1. The molecule has 0 aliphatic rings. The summed E-state index contributed by atoms with van der Waals surface area (Å²) in [6.45, 7) is -0.287. The maximum atomic E-state index is 11.8. The third kappa shape index (κ3) is 3.73. The molecule has 0 atom stereocenters. The fourth-order valence-corrected chi connectivity index (χ4v) is 1.32. The van der Waals surface area contributed by atoms with Gasteiger partial charge in [-0.2, -0.15) is 13.2 Å². The van der Waals surface area contributed by atoms with Gasteiger partial charge in [0.15, 0.2) is 0 Å². The fraction of sp³-hybridized carbons (Fsp3) is 0.500. The molecule has 0 radical (unpaired) electrons. The average Bonchev–Trinajstić information content (AvgIpc) is 2.07. The van der Waals surface area contributed by atoms with E-state index >= 15 is 0 Å². The summed E-state index contributed by atoms with van der Waals surface area (Å²) in [5, 5.41) is -0.137. The number of H-pyrrole nitrogens is 1. The Balaban J connectivity index is 2.76. The van der Waals surface area contributed by atoms with Crippen molar-refractivity contribution in [1.82, 2.24) is 9.55 Å². The van der Waals surface area contributed by atoms with E-state index in [2.05, 4.69) is 4.98 Å². The topological polar surface area (TPSA) is 54.9 Å². The van der Waals surface area contributed by atoms with Crippen molar-refractivity contribution in [1.29, 1.82) is 0 Å². The molecule has 0 fully saturated rings. The van der Waals surface area contributed by atoms with Gasteiger partial charge in [-0.05, 0) is 6.42 Å². The van der Waals surface area contributed by atoms with Crippen LogP contribution in [0.25, 0.3) is 0 Å². The quantitative estimate of drug-likeness (QED) is 0.834. The number of nitrogens with zero attached hydrogens (tertiary/aromatic N) is 1. The summed E-state index contributed by atoms with van der Waals surface area (Å²) in [7, 11) is 0. The summed E-state index contributed by atoms with van der Waals surface area (Å²) in [6, 6.07) is 0.941. The van der Waals surface area contributed by atoms with Gasteiger partial charge >= 0.3 is 11.9 Å². The third-order valence-corrected chi connectivity index (χ3v) is 2.03. The lowest BCUT2D eigenvalue weighted by Crippen LogP contribution is -2.34. The van der Waals surface area contributed by atoms with Crippen molar-refractivity contribution in [2.24, 2.45) is 0 Å². The number of alkyl halides is 3. The normalized spacial score (nSPS) is 11.8. The maximum absolute atomic E-state index is 11.8. The van der Waals surface area contributed by atoms with E-state index in [0.29, 0.717) is 4.57 Å². The van der Waals surface area contributed by atoms with Crippen molar-refractivity contribution in [3.8, 4) is 0 Å². The van der Waals surface area contributed by atoms with E-state index in [1.54, 1.807) is 0 Å². The number of hydrogen-bond donors (Lipinski definition) is 1. The fourth-order valence-electron chi connectivity index (χ4n) is 1.14. The van der Waals surface area contributed by atoms with Crippen LogP contribution in [0.3, 0.4) is 0 Å². The van der Waals surface area contributed by atoms with E-state index in [9.17, 15) is 22.8 Å². The molecule has 0 saturated carbocycles. The molecule has 16 heavy (non-hydrogen) atoms. The molecule has 0 aliphatic carbocycles. The molecule has 1 rings (SSSR count). The first-order valence-electron chi connectivity index (χ1n) is 4.36. The molecule has 8 heteroatoms. The molecule has 0 unspecified atom stereocenters. The largest absolute Gasteiger partial charge is 0.389 e. The van der Waals surface area contributed by atoms with Crippen LogP contribution in [0.15, 0.2) is 15.7 Å². The minimum absolute atomic E-state index is 0.137. The molecule has 4 nitrogen and oxygen atoms in total. The van der Waals surface area contributed by atoms with Crippen LogP contribution in [0.5, 0.6) is 0 Å². The van der Waals surface area contributed by atoms with Crippen molar-refractivity contribution in [3.05, 3.63) is 32.1 Å². The van der Waals surface area contributed by atoms with Gasteiger partial charge in [0.05, 0.1) is 0 Å². The van der Waals surface area contributed by atoms with Crippen LogP contribution in [0.1, 0.15) is 12.8 Å². The summed E-state index contributed by atoms with van der Waals surface area (Å²) in [6.07, 6.45) is -5.65.